The van der Waals surface area contributed by atoms with Gasteiger partial charge in [0, 0.05) is 11.5 Å². The number of phenolic OH excluding ortho intramolecular Hbond substituents is 1. The van der Waals surface area contributed by atoms with Crippen LogP contribution in [0.5, 0.6) is 5.75 Å². The average molecular weight is 285 g/mol. The number of phenols is 1. The quantitative estimate of drug-likeness (QED) is 0.877. The maximum Gasteiger partial charge on any atom is 0.342 e. The molecule has 1 aromatic carbocycles. The summed E-state index contributed by atoms with van der Waals surface area (Å²) in [6.45, 7) is 1.75. The van der Waals surface area contributed by atoms with Crippen molar-refractivity contribution < 1.29 is 14.6 Å². The predicted molar refractivity (Wildman–Crippen MR) is 66.9 cm³/mol. The number of ether oxygens (including phenoxy) is 1. The number of benzene rings is 1. The molecule has 0 atom stereocenters. The van der Waals surface area contributed by atoms with Gasteiger partial charge in [0.15, 0.2) is 0 Å². The van der Waals surface area contributed by atoms with E-state index in [1.165, 1.54) is 12.1 Å². The molecule has 0 amide bonds. The molecule has 2 rings (SSSR count). The molecule has 0 aliphatic rings. The van der Waals surface area contributed by atoms with E-state index >= 15 is 0 Å². The lowest BCUT2D eigenvalue weighted by atomic mass is 10.1. The van der Waals surface area contributed by atoms with E-state index in [0.717, 1.165) is 17.1 Å². The minimum absolute atomic E-state index is 0.0680. The Balaban J connectivity index is 2.06. The van der Waals surface area contributed by atoms with Crippen molar-refractivity contribution in [3.63, 3.8) is 0 Å². The summed E-state index contributed by atoms with van der Waals surface area (Å²) in [7, 11) is 0. The highest BCUT2D eigenvalue weighted by atomic mass is 35.5. The highest BCUT2D eigenvalue weighted by Gasteiger charge is 2.14. The first-order valence-electron chi connectivity index (χ1n) is 5.01. The zero-order valence-electron chi connectivity index (χ0n) is 9.38. The third kappa shape index (κ3) is 2.77. The van der Waals surface area contributed by atoms with Crippen molar-refractivity contribution in [2.45, 2.75) is 13.5 Å². The smallest absolute Gasteiger partial charge is 0.342 e. The Morgan fingerprint density at radius 2 is 2.33 bits per heavy atom. The van der Waals surface area contributed by atoms with Crippen molar-refractivity contribution in [3.05, 3.63) is 39.4 Å². The maximum absolute atomic E-state index is 11.7. The van der Waals surface area contributed by atoms with Gasteiger partial charge < -0.3 is 9.84 Å². The topological polar surface area (TPSA) is 72.3 Å². The number of rotatable bonds is 3. The summed E-state index contributed by atoms with van der Waals surface area (Å²) < 4.78 is 9.00. The van der Waals surface area contributed by atoms with Gasteiger partial charge in [0.2, 0.25) is 0 Å². The molecule has 1 N–H and O–H groups in total. The van der Waals surface area contributed by atoms with E-state index in [9.17, 15) is 9.90 Å². The highest BCUT2D eigenvalue weighted by Crippen LogP contribution is 2.21. The summed E-state index contributed by atoms with van der Waals surface area (Å²) in [5.41, 5.74) is 1.37. The first-order valence-corrected chi connectivity index (χ1v) is 6.16. The van der Waals surface area contributed by atoms with E-state index in [4.69, 9.17) is 16.3 Å². The standard InChI is InChI=1S/C11H9ClN2O3S/c1-6-2-3-7(9(15)4-6)11(16)17-5-8-10(12)18-14-13-8/h2-4,15H,5H2,1H3. The average Bonchev–Trinajstić information content (AvgIpc) is 2.72. The number of aryl methyl sites for hydroxylation is 1. The minimum Gasteiger partial charge on any atom is -0.507 e. The molecule has 18 heavy (non-hydrogen) atoms. The largest absolute Gasteiger partial charge is 0.507 e. The highest BCUT2D eigenvalue weighted by molar-refractivity contribution is 7.10. The number of carbonyl (C=O) groups excluding carboxylic acids is 1. The molecule has 0 bridgehead atoms. The van der Waals surface area contributed by atoms with E-state index < -0.39 is 5.97 Å². The van der Waals surface area contributed by atoms with Crippen LogP contribution in [0.25, 0.3) is 0 Å². The second-order valence-electron chi connectivity index (χ2n) is 3.59. The summed E-state index contributed by atoms with van der Waals surface area (Å²) in [6, 6.07) is 4.72. The molecule has 0 aliphatic heterocycles. The van der Waals surface area contributed by atoms with Crippen LogP contribution >= 0.6 is 23.1 Å². The molecule has 0 unspecified atom stereocenters. The Morgan fingerprint density at radius 3 is 2.94 bits per heavy atom. The van der Waals surface area contributed by atoms with Gasteiger partial charge in [-0.05, 0) is 24.6 Å². The predicted octanol–water partition coefficient (Wildman–Crippen LogP) is 2.56. The molecule has 0 spiro atoms. The third-order valence-electron chi connectivity index (χ3n) is 2.22. The summed E-state index contributed by atoms with van der Waals surface area (Å²) in [5, 5.41) is 13.3. The van der Waals surface area contributed by atoms with Crippen molar-refractivity contribution in [3.8, 4) is 5.75 Å². The number of halogens is 1. The summed E-state index contributed by atoms with van der Waals surface area (Å²) in [6.07, 6.45) is 0. The molecule has 0 aliphatic carbocycles. The zero-order valence-corrected chi connectivity index (χ0v) is 11.0. The van der Waals surface area contributed by atoms with Gasteiger partial charge in [-0.3, -0.25) is 0 Å². The van der Waals surface area contributed by atoms with Gasteiger partial charge in [-0.25, -0.2) is 4.79 Å². The van der Waals surface area contributed by atoms with Gasteiger partial charge >= 0.3 is 5.97 Å². The lowest BCUT2D eigenvalue weighted by Gasteiger charge is -2.05. The molecule has 94 valence electrons. The van der Waals surface area contributed by atoms with Crippen molar-refractivity contribution in [1.82, 2.24) is 9.59 Å². The monoisotopic (exact) mass is 284 g/mol. The van der Waals surface area contributed by atoms with E-state index in [-0.39, 0.29) is 17.9 Å². The Morgan fingerprint density at radius 1 is 1.56 bits per heavy atom. The van der Waals surface area contributed by atoms with Gasteiger partial charge in [0.25, 0.3) is 0 Å². The van der Waals surface area contributed by atoms with Crippen LogP contribution in [0.15, 0.2) is 18.2 Å². The van der Waals surface area contributed by atoms with Crippen molar-refractivity contribution >= 4 is 29.1 Å². The van der Waals surface area contributed by atoms with Crippen LogP contribution in [0.4, 0.5) is 0 Å². The number of aromatic hydroxyl groups is 1. The van der Waals surface area contributed by atoms with E-state index in [1.54, 1.807) is 6.07 Å². The molecular weight excluding hydrogens is 276 g/mol. The van der Waals surface area contributed by atoms with Gasteiger partial charge in [0.1, 0.15) is 28.0 Å². The number of hydrogen-bond donors (Lipinski definition) is 1. The van der Waals surface area contributed by atoms with E-state index in [2.05, 4.69) is 9.59 Å². The van der Waals surface area contributed by atoms with Crippen LogP contribution in [0.1, 0.15) is 21.6 Å². The number of nitrogens with zero attached hydrogens (tertiary/aromatic N) is 2. The molecule has 0 saturated heterocycles. The van der Waals surface area contributed by atoms with Gasteiger partial charge in [-0.15, -0.1) is 5.10 Å². The molecule has 1 aromatic heterocycles. The molecule has 0 radical (unpaired) electrons. The summed E-state index contributed by atoms with van der Waals surface area (Å²) >= 11 is 6.79. The fraction of sp³-hybridized carbons (Fsp3) is 0.182. The molecular formula is C11H9ClN2O3S. The van der Waals surface area contributed by atoms with Crippen LogP contribution in [0.3, 0.4) is 0 Å². The fourth-order valence-electron chi connectivity index (χ4n) is 1.31. The van der Waals surface area contributed by atoms with Crippen LogP contribution < -0.4 is 0 Å². The van der Waals surface area contributed by atoms with Crippen molar-refractivity contribution in [1.29, 1.82) is 0 Å². The molecule has 7 heteroatoms. The lowest BCUT2D eigenvalue weighted by Crippen LogP contribution is -2.06. The Kier molecular flexibility index (Phi) is 3.78. The maximum atomic E-state index is 11.7. The first-order chi connectivity index (χ1) is 8.58. The second kappa shape index (κ2) is 5.32. The lowest BCUT2D eigenvalue weighted by molar-refractivity contribution is 0.0464. The Labute approximate surface area is 112 Å². The first kappa shape index (κ1) is 12.8. The van der Waals surface area contributed by atoms with E-state index in [1.807, 2.05) is 6.92 Å². The van der Waals surface area contributed by atoms with Gasteiger partial charge in [-0.1, -0.05) is 22.2 Å². The van der Waals surface area contributed by atoms with Crippen LogP contribution in [-0.4, -0.2) is 20.7 Å². The Bertz CT molecular complexity index is 585. The normalized spacial score (nSPS) is 10.3. The minimum atomic E-state index is -0.628. The molecule has 2 aromatic rings. The number of aromatic nitrogens is 2. The molecule has 5 nitrogen and oxygen atoms in total. The van der Waals surface area contributed by atoms with Gasteiger partial charge in [-0.2, -0.15) is 0 Å². The molecule has 0 saturated carbocycles. The molecule has 1 heterocycles. The van der Waals surface area contributed by atoms with Crippen LogP contribution in [-0.2, 0) is 11.3 Å². The number of hydrogen-bond acceptors (Lipinski definition) is 6. The van der Waals surface area contributed by atoms with Crippen LogP contribution in [0.2, 0.25) is 4.34 Å². The van der Waals surface area contributed by atoms with Crippen molar-refractivity contribution in [2.75, 3.05) is 0 Å². The number of carbonyl (C=O) groups is 1. The zero-order chi connectivity index (χ0) is 13.1. The Hall–Kier alpha value is -1.66. The van der Waals surface area contributed by atoms with Gasteiger partial charge in [0.05, 0.1) is 0 Å². The molecule has 0 fully saturated rings. The summed E-state index contributed by atoms with van der Waals surface area (Å²) in [5.74, 6) is -0.737. The second-order valence-corrected chi connectivity index (χ2v) is 4.95. The summed E-state index contributed by atoms with van der Waals surface area (Å²) in [4.78, 5) is 11.7. The third-order valence-corrected chi connectivity index (χ3v) is 3.21. The SMILES string of the molecule is Cc1ccc(C(=O)OCc2nnsc2Cl)c(O)c1. The number of esters is 1. The fourth-order valence-corrected chi connectivity index (χ4v) is 1.91. The van der Waals surface area contributed by atoms with Crippen molar-refractivity contribution in [2.24, 2.45) is 0 Å². The van der Waals surface area contributed by atoms with Crippen LogP contribution in [0, 0.1) is 6.92 Å². The van der Waals surface area contributed by atoms with E-state index in [0.29, 0.717) is 10.0 Å².